The van der Waals surface area contributed by atoms with Crippen molar-refractivity contribution in [1.82, 2.24) is 4.98 Å². The van der Waals surface area contributed by atoms with Crippen LogP contribution in [0.3, 0.4) is 0 Å². The van der Waals surface area contributed by atoms with Crippen molar-refractivity contribution in [2.75, 3.05) is 14.2 Å². The van der Waals surface area contributed by atoms with E-state index >= 15 is 0 Å². The van der Waals surface area contributed by atoms with Gasteiger partial charge in [-0.05, 0) is 42.0 Å². The number of methoxy groups -OCH3 is 2. The van der Waals surface area contributed by atoms with Crippen molar-refractivity contribution in [2.45, 2.75) is 4.90 Å². The Kier molecular flexibility index (Phi) is 5.57. The summed E-state index contributed by atoms with van der Waals surface area (Å²) in [5.41, 5.74) is 2.38. The fourth-order valence-corrected chi connectivity index (χ4v) is 3.60. The minimum Gasteiger partial charge on any atom is -0.496 e. The second-order valence-electron chi connectivity index (χ2n) is 5.73. The van der Waals surface area contributed by atoms with Gasteiger partial charge in [0.05, 0.1) is 25.3 Å². The molecule has 6 heteroatoms. The topological polar surface area (TPSA) is 65.5 Å². The minimum atomic E-state index is -3.54. The summed E-state index contributed by atoms with van der Waals surface area (Å²) < 4.78 is 35.6. The third-order valence-corrected chi connectivity index (χ3v) is 5.43. The van der Waals surface area contributed by atoms with Crippen molar-refractivity contribution >= 4 is 15.9 Å². The summed E-state index contributed by atoms with van der Waals surface area (Å²) in [6.45, 7) is 0. The standard InChI is InChI=1S/C21H19NO4S/c1-25-19-13-18(14-22-15-19)16-8-9-21(26-2)17(12-16)10-11-27(23,24)20-6-4-3-5-7-20/h3-15H,1-2H3/b11-10+. The highest BCUT2D eigenvalue weighted by atomic mass is 32.2. The largest absolute Gasteiger partial charge is 0.496 e. The number of pyridine rings is 1. The minimum absolute atomic E-state index is 0.244. The molecule has 0 aliphatic rings. The molecule has 0 saturated heterocycles. The van der Waals surface area contributed by atoms with Crippen LogP contribution >= 0.6 is 0 Å². The molecule has 0 N–H and O–H groups in total. The number of hydrogen-bond donors (Lipinski definition) is 0. The Balaban J connectivity index is 1.99. The van der Waals surface area contributed by atoms with Gasteiger partial charge in [-0.1, -0.05) is 24.3 Å². The maximum Gasteiger partial charge on any atom is 0.199 e. The summed E-state index contributed by atoms with van der Waals surface area (Å²) in [5, 5.41) is 1.19. The van der Waals surface area contributed by atoms with Crippen LogP contribution in [0.15, 0.2) is 77.3 Å². The zero-order chi connectivity index (χ0) is 19.3. The molecule has 3 aromatic rings. The molecule has 5 nitrogen and oxygen atoms in total. The highest BCUT2D eigenvalue weighted by molar-refractivity contribution is 7.94. The molecule has 0 fully saturated rings. The van der Waals surface area contributed by atoms with Gasteiger partial charge in [-0.3, -0.25) is 4.98 Å². The maximum atomic E-state index is 12.5. The van der Waals surface area contributed by atoms with Gasteiger partial charge in [-0.2, -0.15) is 0 Å². The third-order valence-electron chi connectivity index (χ3n) is 4.01. The lowest BCUT2D eigenvalue weighted by Gasteiger charge is -2.09. The van der Waals surface area contributed by atoms with E-state index in [1.807, 2.05) is 18.2 Å². The molecule has 2 aromatic carbocycles. The number of rotatable bonds is 6. The van der Waals surface area contributed by atoms with Crippen LogP contribution in [0.5, 0.6) is 11.5 Å². The van der Waals surface area contributed by atoms with Gasteiger partial charge in [-0.15, -0.1) is 0 Å². The van der Waals surface area contributed by atoms with E-state index in [9.17, 15) is 8.42 Å². The Labute approximate surface area is 158 Å². The second kappa shape index (κ2) is 8.05. The number of aromatic nitrogens is 1. The highest BCUT2D eigenvalue weighted by Crippen LogP contribution is 2.29. The van der Waals surface area contributed by atoms with E-state index in [-0.39, 0.29) is 4.90 Å². The Bertz CT molecular complexity index is 1060. The van der Waals surface area contributed by atoms with Gasteiger partial charge in [0.2, 0.25) is 0 Å². The Hall–Kier alpha value is -3.12. The summed E-state index contributed by atoms with van der Waals surface area (Å²) in [6, 6.07) is 15.7. The van der Waals surface area contributed by atoms with Gasteiger partial charge in [0.1, 0.15) is 11.5 Å². The Morgan fingerprint density at radius 3 is 2.37 bits per heavy atom. The summed E-state index contributed by atoms with van der Waals surface area (Å²) in [4.78, 5) is 4.40. The lowest BCUT2D eigenvalue weighted by atomic mass is 10.0. The predicted octanol–water partition coefficient (Wildman–Crippen LogP) is 4.21. The van der Waals surface area contributed by atoms with Crippen molar-refractivity contribution < 1.29 is 17.9 Å². The zero-order valence-corrected chi connectivity index (χ0v) is 15.8. The van der Waals surface area contributed by atoms with Crippen LogP contribution in [-0.4, -0.2) is 27.6 Å². The highest BCUT2D eigenvalue weighted by Gasteiger charge is 2.11. The quantitative estimate of drug-likeness (QED) is 0.640. The molecule has 0 radical (unpaired) electrons. The summed E-state index contributed by atoms with van der Waals surface area (Å²) in [5.74, 6) is 1.22. The maximum absolute atomic E-state index is 12.5. The number of benzene rings is 2. The lowest BCUT2D eigenvalue weighted by molar-refractivity contribution is 0.413. The first-order valence-electron chi connectivity index (χ1n) is 8.19. The van der Waals surface area contributed by atoms with Crippen molar-refractivity contribution in [3.8, 4) is 22.6 Å². The lowest BCUT2D eigenvalue weighted by Crippen LogP contribution is -1.96. The molecule has 0 atom stereocenters. The summed E-state index contributed by atoms with van der Waals surface area (Å²) >= 11 is 0. The van der Waals surface area contributed by atoms with E-state index in [0.717, 1.165) is 11.1 Å². The summed E-state index contributed by atoms with van der Waals surface area (Å²) in [6.07, 6.45) is 4.89. The summed E-state index contributed by atoms with van der Waals surface area (Å²) in [7, 11) is -0.413. The average Bonchev–Trinajstić information content (AvgIpc) is 2.72. The van der Waals surface area contributed by atoms with Gasteiger partial charge in [0, 0.05) is 22.7 Å². The fourth-order valence-electron chi connectivity index (χ4n) is 2.58. The number of nitrogens with zero attached hydrogens (tertiary/aromatic N) is 1. The molecule has 1 aromatic heterocycles. The van der Waals surface area contributed by atoms with Crippen molar-refractivity contribution in [3.05, 3.63) is 78.0 Å². The molecule has 0 amide bonds. The van der Waals surface area contributed by atoms with Crippen LogP contribution in [0, 0.1) is 0 Å². The van der Waals surface area contributed by atoms with Crippen LogP contribution in [0.2, 0.25) is 0 Å². The molecular weight excluding hydrogens is 362 g/mol. The molecule has 0 aliphatic carbocycles. The van der Waals surface area contributed by atoms with E-state index in [1.54, 1.807) is 63.0 Å². The molecule has 0 spiro atoms. The van der Waals surface area contributed by atoms with E-state index < -0.39 is 9.84 Å². The molecule has 1 heterocycles. The molecule has 3 rings (SSSR count). The Morgan fingerprint density at radius 1 is 0.889 bits per heavy atom. The number of ether oxygens (including phenoxy) is 2. The predicted molar refractivity (Wildman–Crippen MR) is 105 cm³/mol. The van der Waals surface area contributed by atoms with Crippen molar-refractivity contribution in [2.24, 2.45) is 0 Å². The van der Waals surface area contributed by atoms with Gasteiger partial charge in [0.15, 0.2) is 9.84 Å². The first-order valence-corrected chi connectivity index (χ1v) is 9.74. The first-order chi connectivity index (χ1) is 13.0. The monoisotopic (exact) mass is 381 g/mol. The van der Waals surface area contributed by atoms with E-state index in [2.05, 4.69) is 4.98 Å². The van der Waals surface area contributed by atoms with E-state index in [4.69, 9.17) is 9.47 Å². The van der Waals surface area contributed by atoms with E-state index in [1.165, 1.54) is 11.5 Å². The van der Waals surface area contributed by atoms with Gasteiger partial charge < -0.3 is 9.47 Å². The first kappa shape index (κ1) is 18.7. The third kappa shape index (κ3) is 4.35. The average molecular weight is 381 g/mol. The molecule has 27 heavy (non-hydrogen) atoms. The van der Waals surface area contributed by atoms with Crippen LogP contribution < -0.4 is 9.47 Å². The number of sulfone groups is 1. The van der Waals surface area contributed by atoms with E-state index in [0.29, 0.717) is 17.1 Å². The van der Waals surface area contributed by atoms with Crippen LogP contribution in [0.1, 0.15) is 5.56 Å². The van der Waals surface area contributed by atoms with Crippen molar-refractivity contribution in [1.29, 1.82) is 0 Å². The normalized spacial score (nSPS) is 11.5. The van der Waals surface area contributed by atoms with Crippen LogP contribution in [0.25, 0.3) is 17.2 Å². The molecule has 0 bridgehead atoms. The molecule has 138 valence electrons. The van der Waals surface area contributed by atoms with Gasteiger partial charge in [0.25, 0.3) is 0 Å². The SMILES string of the molecule is COc1cncc(-c2ccc(OC)c(/C=C/S(=O)(=O)c3ccccc3)c2)c1. The van der Waals surface area contributed by atoms with Crippen molar-refractivity contribution in [3.63, 3.8) is 0 Å². The zero-order valence-electron chi connectivity index (χ0n) is 15.0. The fraction of sp³-hybridized carbons (Fsp3) is 0.0952. The van der Waals surface area contributed by atoms with Crippen LogP contribution in [-0.2, 0) is 9.84 Å². The van der Waals surface area contributed by atoms with Gasteiger partial charge >= 0.3 is 0 Å². The molecule has 0 saturated carbocycles. The Morgan fingerprint density at radius 2 is 1.67 bits per heavy atom. The number of hydrogen-bond acceptors (Lipinski definition) is 5. The second-order valence-corrected chi connectivity index (χ2v) is 7.56. The van der Waals surface area contributed by atoms with Crippen LogP contribution in [0.4, 0.5) is 0 Å². The molecular formula is C21H19NO4S. The molecule has 0 unspecified atom stereocenters. The smallest absolute Gasteiger partial charge is 0.199 e. The molecule has 0 aliphatic heterocycles. The van der Waals surface area contributed by atoms with Gasteiger partial charge in [-0.25, -0.2) is 8.42 Å².